The van der Waals surface area contributed by atoms with E-state index in [0.717, 1.165) is 17.7 Å². The van der Waals surface area contributed by atoms with Crippen molar-refractivity contribution in [2.75, 3.05) is 11.9 Å². The summed E-state index contributed by atoms with van der Waals surface area (Å²) in [5.74, 6) is -0.479. The highest BCUT2D eigenvalue weighted by atomic mass is 19.4. The van der Waals surface area contributed by atoms with Crippen LogP contribution in [0.4, 0.5) is 18.9 Å². The predicted molar refractivity (Wildman–Crippen MR) is 110 cm³/mol. The summed E-state index contributed by atoms with van der Waals surface area (Å²) >= 11 is 0. The Hall–Kier alpha value is -3.81. The molecule has 160 valence electrons. The van der Waals surface area contributed by atoms with Crippen molar-refractivity contribution in [2.45, 2.75) is 12.7 Å². The van der Waals surface area contributed by atoms with Crippen LogP contribution in [0.15, 0.2) is 78.9 Å². The molecule has 0 fully saturated rings. The van der Waals surface area contributed by atoms with Crippen LogP contribution in [0.1, 0.15) is 21.5 Å². The maximum Gasteiger partial charge on any atom is 0.416 e. The summed E-state index contributed by atoms with van der Waals surface area (Å²) in [6, 6.07) is 19.7. The number of ether oxygens (including phenoxy) is 1. The summed E-state index contributed by atoms with van der Waals surface area (Å²) in [4.78, 5) is 24.2. The van der Waals surface area contributed by atoms with E-state index in [-0.39, 0.29) is 23.8 Å². The second-order valence-corrected chi connectivity index (χ2v) is 6.61. The van der Waals surface area contributed by atoms with Crippen molar-refractivity contribution in [1.29, 1.82) is 0 Å². The smallest absolute Gasteiger partial charge is 0.416 e. The molecule has 0 heterocycles. The van der Waals surface area contributed by atoms with Crippen LogP contribution in [0.5, 0.6) is 5.75 Å². The number of carbonyl (C=O) groups is 2. The molecule has 3 aromatic rings. The number of amides is 2. The predicted octanol–water partition coefficient (Wildman–Crippen LogP) is 4.65. The normalized spacial score (nSPS) is 10.9. The molecule has 3 aromatic carbocycles. The summed E-state index contributed by atoms with van der Waals surface area (Å²) < 4.78 is 43.7. The van der Waals surface area contributed by atoms with Gasteiger partial charge in [-0.05, 0) is 48.0 Å². The van der Waals surface area contributed by atoms with Crippen LogP contribution in [0.25, 0.3) is 0 Å². The van der Waals surface area contributed by atoms with Gasteiger partial charge in [0.2, 0.25) is 0 Å². The Bertz CT molecular complexity index is 1040. The van der Waals surface area contributed by atoms with Gasteiger partial charge in [0.05, 0.1) is 5.56 Å². The minimum absolute atomic E-state index is 0.0373. The molecule has 0 spiro atoms. The van der Waals surface area contributed by atoms with Crippen molar-refractivity contribution >= 4 is 17.5 Å². The van der Waals surface area contributed by atoms with Gasteiger partial charge in [0, 0.05) is 17.8 Å². The molecule has 2 amide bonds. The number of hydrogen-bond donors (Lipinski definition) is 2. The molecule has 5 nitrogen and oxygen atoms in total. The fraction of sp³-hybridized carbons (Fsp3) is 0.130. The molecule has 2 N–H and O–H groups in total. The van der Waals surface area contributed by atoms with Gasteiger partial charge in [0.1, 0.15) is 5.75 Å². The van der Waals surface area contributed by atoms with Gasteiger partial charge < -0.3 is 15.4 Å². The van der Waals surface area contributed by atoms with Crippen molar-refractivity contribution in [2.24, 2.45) is 0 Å². The van der Waals surface area contributed by atoms with E-state index in [2.05, 4.69) is 10.6 Å². The van der Waals surface area contributed by atoms with Gasteiger partial charge in [-0.3, -0.25) is 9.59 Å². The van der Waals surface area contributed by atoms with Gasteiger partial charge in [-0.1, -0.05) is 36.4 Å². The Morgan fingerprint density at radius 1 is 0.871 bits per heavy atom. The van der Waals surface area contributed by atoms with E-state index < -0.39 is 17.6 Å². The zero-order valence-electron chi connectivity index (χ0n) is 16.3. The highest BCUT2D eigenvalue weighted by Gasteiger charge is 2.30. The van der Waals surface area contributed by atoms with Crippen LogP contribution < -0.4 is 15.4 Å². The first-order valence-corrected chi connectivity index (χ1v) is 9.33. The highest BCUT2D eigenvalue weighted by molar-refractivity contribution is 6.04. The summed E-state index contributed by atoms with van der Waals surface area (Å²) in [5.41, 5.74) is 0.389. The number of rotatable bonds is 7. The molecular weight excluding hydrogens is 409 g/mol. The lowest BCUT2D eigenvalue weighted by Crippen LogP contribution is -2.28. The summed E-state index contributed by atoms with van der Waals surface area (Å²) in [7, 11) is 0. The average Bonchev–Trinajstić information content (AvgIpc) is 2.77. The lowest BCUT2D eigenvalue weighted by atomic mass is 10.1. The molecule has 0 aliphatic rings. The Morgan fingerprint density at radius 3 is 2.26 bits per heavy atom. The summed E-state index contributed by atoms with van der Waals surface area (Å²) in [6.07, 6.45) is -4.49. The highest BCUT2D eigenvalue weighted by Crippen LogP contribution is 2.30. The van der Waals surface area contributed by atoms with Crippen molar-refractivity contribution in [3.63, 3.8) is 0 Å². The molecule has 0 aliphatic carbocycles. The number of nitrogens with one attached hydrogen (secondary N) is 2. The standard InChI is InChI=1S/C23H19F3N2O3/c24-23(25,26)18-7-4-8-19(13-18)28-22(30)17-9-11-20(12-10-17)31-15-21(29)27-14-16-5-2-1-3-6-16/h1-13H,14-15H2,(H,27,29)(H,28,30). The minimum Gasteiger partial charge on any atom is -0.484 e. The molecule has 8 heteroatoms. The van der Waals surface area contributed by atoms with Gasteiger partial charge in [0.15, 0.2) is 6.61 Å². The lowest BCUT2D eigenvalue weighted by molar-refractivity contribution is -0.137. The molecule has 0 radical (unpaired) electrons. The molecule has 0 unspecified atom stereocenters. The number of carbonyl (C=O) groups excluding carboxylic acids is 2. The van der Waals surface area contributed by atoms with E-state index in [1.54, 1.807) is 0 Å². The number of hydrogen-bond acceptors (Lipinski definition) is 3. The number of alkyl halides is 3. The van der Waals surface area contributed by atoms with E-state index in [1.165, 1.54) is 36.4 Å². The largest absolute Gasteiger partial charge is 0.484 e. The van der Waals surface area contributed by atoms with Gasteiger partial charge in [0.25, 0.3) is 11.8 Å². The molecule has 0 atom stereocenters. The molecule has 0 saturated carbocycles. The van der Waals surface area contributed by atoms with Crippen molar-refractivity contribution in [3.05, 3.63) is 95.6 Å². The molecule has 0 aliphatic heterocycles. The monoisotopic (exact) mass is 428 g/mol. The minimum atomic E-state index is -4.49. The maximum absolute atomic E-state index is 12.8. The van der Waals surface area contributed by atoms with Crippen LogP contribution >= 0.6 is 0 Å². The molecule has 3 rings (SSSR count). The van der Waals surface area contributed by atoms with Crippen LogP contribution in [0.3, 0.4) is 0 Å². The van der Waals surface area contributed by atoms with Crippen molar-refractivity contribution in [1.82, 2.24) is 5.32 Å². The van der Waals surface area contributed by atoms with Crippen LogP contribution in [-0.4, -0.2) is 18.4 Å². The average molecular weight is 428 g/mol. The van der Waals surface area contributed by atoms with E-state index in [1.807, 2.05) is 30.3 Å². The van der Waals surface area contributed by atoms with Crippen molar-refractivity contribution in [3.8, 4) is 5.75 Å². The number of benzene rings is 3. The lowest BCUT2D eigenvalue weighted by Gasteiger charge is -2.10. The van der Waals surface area contributed by atoms with E-state index in [0.29, 0.717) is 12.3 Å². The van der Waals surface area contributed by atoms with Crippen molar-refractivity contribution < 1.29 is 27.5 Å². The molecule has 0 aromatic heterocycles. The third-order valence-corrected chi connectivity index (χ3v) is 4.27. The Balaban J connectivity index is 1.50. The first-order chi connectivity index (χ1) is 14.8. The van der Waals surface area contributed by atoms with E-state index in [9.17, 15) is 22.8 Å². The Kier molecular flexibility index (Phi) is 6.92. The maximum atomic E-state index is 12.8. The second-order valence-electron chi connectivity index (χ2n) is 6.61. The van der Waals surface area contributed by atoms with E-state index >= 15 is 0 Å². The second kappa shape index (κ2) is 9.80. The SMILES string of the molecule is O=C(COc1ccc(C(=O)Nc2cccc(C(F)(F)F)c2)cc1)NCc1ccccc1. The zero-order chi connectivity index (χ0) is 22.3. The van der Waals surface area contributed by atoms with Gasteiger partial charge in [-0.2, -0.15) is 13.2 Å². The quantitative estimate of drug-likeness (QED) is 0.576. The third kappa shape index (κ3) is 6.60. The van der Waals surface area contributed by atoms with Crippen LogP contribution in [-0.2, 0) is 17.5 Å². The number of anilines is 1. The van der Waals surface area contributed by atoms with E-state index in [4.69, 9.17) is 4.74 Å². The zero-order valence-corrected chi connectivity index (χ0v) is 16.3. The van der Waals surface area contributed by atoms with Gasteiger partial charge in [-0.25, -0.2) is 0 Å². The molecule has 0 saturated heterocycles. The molecule has 0 bridgehead atoms. The third-order valence-electron chi connectivity index (χ3n) is 4.27. The van der Waals surface area contributed by atoms with Crippen LogP contribution in [0, 0.1) is 0 Å². The van der Waals surface area contributed by atoms with Gasteiger partial charge >= 0.3 is 6.18 Å². The number of halogens is 3. The fourth-order valence-corrected chi connectivity index (χ4v) is 2.68. The topological polar surface area (TPSA) is 67.4 Å². The first kappa shape index (κ1) is 21.9. The summed E-state index contributed by atoms with van der Waals surface area (Å²) in [5, 5.41) is 5.16. The fourth-order valence-electron chi connectivity index (χ4n) is 2.68. The Labute approximate surface area is 176 Å². The molecule has 31 heavy (non-hydrogen) atoms. The first-order valence-electron chi connectivity index (χ1n) is 9.33. The van der Waals surface area contributed by atoms with Gasteiger partial charge in [-0.15, -0.1) is 0 Å². The summed E-state index contributed by atoms with van der Waals surface area (Å²) in [6.45, 7) is 0.195. The molecular formula is C23H19F3N2O3. The van der Waals surface area contributed by atoms with Crippen LogP contribution in [0.2, 0.25) is 0 Å². The Morgan fingerprint density at radius 2 is 1.58 bits per heavy atom.